The molecular formula is C22H18F4N4O3. The molecule has 0 aliphatic carbocycles. The van der Waals surface area contributed by atoms with Gasteiger partial charge >= 0.3 is 6.18 Å². The molecule has 33 heavy (non-hydrogen) atoms. The quantitative estimate of drug-likeness (QED) is 0.572. The van der Waals surface area contributed by atoms with Gasteiger partial charge in [0, 0.05) is 6.20 Å². The zero-order valence-corrected chi connectivity index (χ0v) is 17.5. The maximum Gasteiger partial charge on any atom is 0.419 e. The van der Waals surface area contributed by atoms with E-state index in [-0.39, 0.29) is 35.0 Å². The van der Waals surface area contributed by atoms with Crippen molar-refractivity contribution in [1.29, 1.82) is 0 Å². The molecule has 1 aliphatic heterocycles. The number of hydrogen-bond donors (Lipinski definition) is 1. The number of carbonyl (C=O) groups excluding carboxylic acids is 2. The number of halogens is 4. The Morgan fingerprint density at radius 1 is 1.21 bits per heavy atom. The van der Waals surface area contributed by atoms with Crippen LogP contribution in [-0.4, -0.2) is 33.6 Å². The molecule has 0 fully saturated rings. The number of ketones is 1. The fourth-order valence-electron chi connectivity index (χ4n) is 3.86. The van der Waals surface area contributed by atoms with Gasteiger partial charge in [0.1, 0.15) is 17.3 Å². The molecule has 0 radical (unpaired) electrons. The molecule has 4 rings (SSSR count). The lowest BCUT2D eigenvalue weighted by atomic mass is 9.84. The zero-order valence-electron chi connectivity index (χ0n) is 17.5. The highest BCUT2D eigenvalue weighted by atomic mass is 19.4. The Kier molecular flexibility index (Phi) is 5.64. The molecule has 3 heterocycles. The molecule has 0 bridgehead atoms. The predicted octanol–water partition coefficient (Wildman–Crippen LogP) is 4.63. The van der Waals surface area contributed by atoms with Crippen molar-refractivity contribution in [2.24, 2.45) is 0 Å². The third-order valence-corrected chi connectivity index (χ3v) is 5.50. The van der Waals surface area contributed by atoms with Crippen molar-refractivity contribution in [3.63, 3.8) is 0 Å². The summed E-state index contributed by atoms with van der Waals surface area (Å²) in [5.41, 5.74) is -0.862. The molecule has 1 aromatic carbocycles. The molecule has 7 nitrogen and oxygen atoms in total. The molecule has 1 aliphatic rings. The first-order valence-corrected chi connectivity index (χ1v) is 9.89. The van der Waals surface area contributed by atoms with E-state index in [1.807, 2.05) is 0 Å². The van der Waals surface area contributed by atoms with Gasteiger partial charge in [-0.3, -0.25) is 19.3 Å². The van der Waals surface area contributed by atoms with E-state index in [0.29, 0.717) is 11.8 Å². The average molecular weight is 462 g/mol. The van der Waals surface area contributed by atoms with Gasteiger partial charge in [-0.1, -0.05) is 6.07 Å². The third kappa shape index (κ3) is 4.18. The fourth-order valence-corrected chi connectivity index (χ4v) is 3.86. The first kappa shape index (κ1) is 22.4. The number of Topliss-reactive ketones (excluding diaryl/α,β-unsaturated/α-hetero) is 1. The van der Waals surface area contributed by atoms with E-state index >= 15 is 0 Å². The SMILES string of the molecule is COc1cncc(C(=O)Nc2cnn3c2C(=O)C(c2ccc(C(F)(F)F)c(F)c2)C[C@@H]3C)c1. The maximum atomic E-state index is 14.1. The highest BCUT2D eigenvalue weighted by Gasteiger charge is 2.38. The number of nitrogens with zero attached hydrogens (tertiary/aromatic N) is 3. The lowest BCUT2D eigenvalue weighted by molar-refractivity contribution is -0.140. The third-order valence-electron chi connectivity index (χ3n) is 5.50. The van der Waals surface area contributed by atoms with E-state index in [9.17, 15) is 27.2 Å². The summed E-state index contributed by atoms with van der Waals surface area (Å²) in [7, 11) is 1.43. The second-order valence-corrected chi connectivity index (χ2v) is 7.66. The van der Waals surface area contributed by atoms with Crippen LogP contribution in [-0.2, 0) is 6.18 Å². The number of hydrogen-bond acceptors (Lipinski definition) is 5. The minimum atomic E-state index is -4.84. The molecule has 2 aromatic heterocycles. The molecule has 2 atom stereocenters. The van der Waals surface area contributed by atoms with Gasteiger partial charge in [0.05, 0.1) is 48.3 Å². The molecule has 11 heteroatoms. The second-order valence-electron chi connectivity index (χ2n) is 7.66. The van der Waals surface area contributed by atoms with Crippen molar-refractivity contribution in [3.8, 4) is 5.75 Å². The van der Waals surface area contributed by atoms with Gasteiger partial charge in [0.15, 0.2) is 5.78 Å². The average Bonchev–Trinajstić information content (AvgIpc) is 3.19. The number of benzene rings is 1. The van der Waals surface area contributed by atoms with Crippen LogP contribution in [0, 0.1) is 5.82 Å². The number of carbonyl (C=O) groups is 2. The van der Waals surface area contributed by atoms with Crippen LogP contribution in [0.4, 0.5) is 23.2 Å². The van der Waals surface area contributed by atoms with Crippen LogP contribution < -0.4 is 10.1 Å². The number of amides is 1. The van der Waals surface area contributed by atoms with Gasteiger partial charge < -0.3 is 10.1 Å². The Balaban J connectivity index is 1.65. The number of ether oxygens (including phenoxy) is 1. The molecule has 0 spiro atoms. The van der Waals surface area contributed by atoms with Crippen LogP contribution in [0.25, 0.3) is 0 Å². The van der Waals surface area contributed by atoms with Gasteiger partial charge in [-0.2, -0.15) is 18.3 Å². The standard InChI is InChI=1S/C22H18F4N4O3/c1-11-5-15(12-3-4-16(17(23)7-12)22(24,25)26)20(31)19-18(10-28-30(11)19)29-21(32)13-6-14(33-2)9-27-8-13/h3-4,6-11,15H,5H2,1-2H3,(H,29,32)/t11-,15?/m0/s1. The Morgan fingerprint density at radius 3 is 2.64 bits per heavy atom. The topological polar surface area (TPSA) is 86.1 Å². The lowest BCUT2D eigenvalue weighted by Gasteiger charge is -2.28. The largest absolute Gasteiger partial charge is 0.495 e. The van der Waals surface area contributed by atoms with Crippen LogP contribution >= 0.6 is 0 Å². The molecule has 1 unspecified atom stereocenters. The van der Waals surface area contributed by atoms with Crippen molar-refractivity contribution in [1.82, 2.24) is 14.8 Å². The molecule has 1 amide bonds. The summed E-state index contributed by atoms with van der Waals surface area (Å²) in [5, 5.41) is 6.80. The highest BCUT2D eigenvalue weighted by Crippen LogP contribution is 2.40. The summed E-state index contributed by atoms with van der Waals surface area (Å²) < 4.78 is 59.4. The highest BCUT2D eigenvalue weighted by molar-refractivity contribution is 6.10. The monoisotopic (exact) mass is 462 g/mol. The first-order chi connectivity index (χ1) is 15.6. The molecular weight excluding hydrogens is 444 g/mol. The first-order valence-electron chi connectivity index (χ1n) is 9.89. The summed E-state index contributed by atoms with van der Waals surface area (Å²) in [5.74, 6) is -3.01. The van der Waals surface area contributed by atoms with Crippen molar-refractivity contribution >= 4 is 17.4 Å². The number of alkyl halides is 3. The second kappa shape index (κ2) is 8.30. The summed E-state index contributed by atoms with van der Waals surface area (Å²) in [6, 6.07) is 3.62. The molecule has 172 valence electrons. The van der Waals surface area contributed by atoms with E-state index in [2.05, 4.69) is 15.4 Å². The van der Waals surface area contributed by atoms with Gasteiger partial charge in [-0.05, 0) is 37.1 Å². The maximum absolute atomic E-state index is 14.1. The Labute approximate surface area is 185 Å². The van der Waals surface area contributed by atoms with E-state index < -0.39 is 35.2 Å². The van der Waals surface area contributed by atoms with Crippen LogP contribution in [0.5, 0.6) is 5.75 Å². The Hall–Kier alpha value is -3.76. The Morgan fingerprint density at radius 2 is 1.97 bits per heavy atom. The number of rotatable bonds is 4. The molecule has 0 saturated heterocycles. The number of anilines is 1. The number of fused-ring (bicyclic) bond motifs is 1. The van der Waals surface area contributed by atoms with E-state index in [1.54, 1.807) is 6.92 Å². The number of nitrogens with one attached hydrogen (secondary N) is 1. The van der Waals surface area contributed by atoms with Crippen LogP contribution in [0.15, 0.2) is 42.9 Å². The van der Waals surface area contributed by atoms with Gasteiger partial charge in [-0.15, -0.1) is 0 Å². The molecule has 3 aromatic rings. The number of pyridine rings is 1. The van der Waals surface area contributed by atoms with Crippen LogP contribution in [0.1, 0.15) is 57.3 Å². The van der Waals surface area contributed by atoms with Crippen molar-refractivity contribution in [2.45, 2.75) is 31.5 Å². The lowest BCUT2D eigenvalue weighted by Crippen LogP contribution is -2.29. The van der Waals surface area contributed by atoms with Crippen molar-refractivity contribution < 1.29 is 31.9 Å². The smallest absolute Gasteiger partial charge is 0.419 e. The zero-order chi connectivity index (χ0) is 23.9. The van der Waals surface area contributed by atoms with Crippen molar-refractivity contribution in [3.05, 3.63) is 71.1 Å². The van der Waals surface area contributed by atoms with Gasteiger partial charge in [0.2, 0.25) is 0 Å². The number of methoxy groups -OCH3 is 1. The predicted molar refractivity (Wildman–Crippen MR) is 109 cm³/mol. The van der Waals surface area contributed by atoms with Crippen LogP contribution in [0.2, 0.25) is 0 Å². The van der Waals surface area contributed by atoms with Gasteiger partial charge in [-0.25, -0.2) is 4.39 Å². The summed E-state index contributed by atoms with van der Waals surface area (Å²) in [6.45, 7) is 1.77. The van der Waals surface area contributed by atoms with E-state index in [1.165, 1.54) is 36.4 Å². The normalized spacial score (nSPS) is 18.1. The summed E-state index contributed by atoms with van der Waals surface area (Å²) in [6.07, 6.45) is -0.544. The van der Waals surface area contributed by atoms with E-state index in [0.717, 1.165) is 12.1 Å². The minimum Gasteiger partial charge on any atom is -0.495 e. The van der Waals surface area contributed by atoms with Crippen molar-refractivity contribution in [2.75, 3.05) is 12.4 Å². The number of aromatic nitrogens is 3. The van der Waals surface area contributed by atoms with Gasteiger partial charge in [0.25, 0.3) is 5.91 Å². The van der Waals surface area contributed by atoms with E-state index in [4.69, 9.17) is 4.74 Å². The Bertz CT molecular complexity index is 1240. The minimum absolute atomic E-state index is 0.0864. The van der Waals surface area contributed by atoms with Crippen LogP contribution in [0.3, 0.4) is 0 Å². The summed E-state index contributed by atoms with van der Waals surface area (Å²) >= 11 is 0. The summed E-state index contributed by atoms with van der Waals surface area (Å²) in [4.78, 5) is 29.9. The molecule has 1 N–H and O–H groups in total. The fraction of sp³-hybridized carbons (Fsp3) is 0.273. The molecule has 0 saturated carbocycles.